The van der Waals surface area contributed by atoms with E-state index in [1.807, 2.05) is 0 Å². The Kier molecular flexibility index (Phi) is 4.50. The molecule has 2 aromatic heterocycles. The van der Waals surface area contributed by atoms with Crippen LogP contribution in [0.1, 0.15) is 34.9 Å². The van der Waals surface area contributed by atoms with Crippen LogP contribution in [0.15, 0.2) is 55.0 Å². The zero-order valence-corrected chi connectivity index (χ0v) is 14.5. The minimum absolute atomic E-state index is 0.0900. The second kappa shape index (κ2) is 7.11. The molecular weight excluding hydrogens is 345 g/mol. The molecule has 4 rings (SSSR count). The number of benzene rings is 1. The number of anilines is 1. The average Bonchev–Trinajstić information content (AvgIpc) is 3.18. The number of nitrogen functional groups attached to an aromatic ring is 1. The van der Waals surface area contributed by atoms with Crippen LogP contribution in [0.5, 0.6) is 0 Å². The van der Waals surface area contributed by atoms with E-state index in [1.165, 1.54) is 12.1 Å². The number of hydrogen-bond donors (Lipinski definition) is 1. The number of rotatable bonds is 3. The molecule has 0 aliphatic carbocycles. The van der Waals surface area contributed by atoms with Crippen molar-refractivity contribution >= 4 is 11.9 Å². The summed E-state index contributed by atoms with van der Waals surface area (Å²) in [4.78, 5) is 27.3. The molecule has 7 heteroatoms. The summed E-state index contributed by atoms with van der Waals surface area (Å²) >= 11 is 0. The lowest BCUT2D eigenvalue weighted by molar-refractivity contribution is 0.0733. The first kappa shape index (κ1) is 17.1. The maximum Gasteiger partial charge on any atom is 0.255 e. The van der Waals surface area contributed by atoms with E-state index in [1.54, 1.807) is 47.8 Å². The molecule has 1 amide bonds. The molecule has 1 aliphatic rings. The Hall–Kier alpha value is -3.35. The summed E-state index contributed by atoms with van der Waals surface area (Å²) in [6.45, 7) is 0.630. The molecule has 1 aliphatic heterocycles. The molecule has 27 heavy (non-hydrogen) atoms. The first-order chi connectivity index (χ1) is 13.1. The van der Waals surface area contributed by atoms with Crippen molar-refractivity contribution in [2.45, 2.75) is 18.9 Å². The molecule has 1 saturated heterocycles. The molecule has 1 fully saturated rings. The summed E-state index contributed by atoms with van der Waals surface area (Å²) in [7, 11) is 0. The summed E-state index contributed by atoms with van der Waals surface area (Å²) in [5, 5.41) is 0. The number of halogens is 1. The summed E-state index contributed by atoms with van der Waals surface area (Å²) in [5.41, 5.74) is 8.59. The Bertz CT molecular complexity index is 962. The Morgan fingerprint density at radius 2 is 2.00 bits per heavy atom. The summed E-state index contributed by atoms with van der Waals surface area (Å²) < 4.78 is 13.3. The van der Waals surface area contributed by atoms with Crippen molar-refractivity contribution in [1.82, 2.24) is 19.9 Å². The number of likely N-dealkylation sites (tertiary alicyclic amines) is 1. The Balaban J connectivity index is 1.74. The second-order valence-corrected chi connectivity index (χ2v) is 6.43. The van der Waals surface area contributed by atoms with Crippen LogP contribution in [0, 0.1) is 5.82 Å². The number of carbonyl (C=O) groups is 1. The standard InChI is InChI=1S/C20H18FN5O/c21-15-7-5-13(6-8-15)16-12-24-20(22)25-18(16)17-4-2-10-26(17)19(27)14-3-1-9-23-11-14/h1,3,5-9,11-12,17H,2,4,10H2,(H2,22,24,25)/t17-/m0/s1. The number of amides is 1. The quantitative estimate of drug-likeness (QED) is 0.772. The molecule has 0 bridgehead atoms. The van der Waals surface area contributed by atoms with Crippen molar-refractivity contribution in [3.05, 3.63) is 72.1 Å². The highest BCUT2D eigenvalue weighted by Crippen LogP contribution is 2.37. The van der Waals surface area contributed by atoms with Crippen molar-refractivity contribution in [3.63, 3.8) is 0 Å². The van der Waals surface area contributed by atoms with Gasteiger partial charge in [-0.25, -0.2) is 14.4 Å². The fourth-order valence-electron chi connectivity index (χ4n) is 3.46. The number of carbonyl (C=O) groups excluding carboxylic acids is 1. The predicted molar refractivity (Wildman–Crippen MR) is 99.1 cm³/mol. The molecule has 3 aromatic rings. The maximum absolute atomic E-state index is 13.3. The number of nitrogens with two attached hydrogens (primary N) is 1. The predicted octanol–water partition coefficient (Wildman–Crippen LogP) is 3.24. The van der Waals surface area contributed by atoms with E-state index in [4.69, 9.17) is 5.73 Å². The third-order valence-corrected chi connectivity index (χ3v) is 4.73. The van der Waals surface area contributed by atoms with Gasteiger partial charge in [0, 0.05) is 30.7 Å². The van der Waals surface area contributed by atoms with Gasteiger partial charge in [0.2, 0.25) is 5.95 Å². The van der Waals surface area contributed by atoms with Gasteiger partial charge in [-0.1, -0.05) is 12.1 Å². The van der Waals surface area contributed by atoms with Gasteiger partial charge in [-0.2, -0.15) is 0 Å². The van der Waals surface area contributed by atoms with E-state index in [0.717, 1.165) is 24.0 Å². The van der Waals surface area contributed by atoms with Crippen LogP contribution in [-0.4, -0.2) is 32.3 Å². The van der Waals surface area contributed by atoms with Crippen LogP contribution in [0.2, 0.25) is 0 Å². The highest BCUT2D eigenvalue weighted by atomic mass is 19.1. The van der Waals surface area contributed by atoms with Crippen LogP contribution < -0.4 is 5.73 Å². The molecule has 0 spiro atoms. The van der Waals surface area contributed by atoms with Crippen LogP contribution in [0.4, 0.5) is 10.3 Å². The molecule has 0 saturated carbocycles. The first-order valence-electron chi connectivity index (χ1n) is 8.73. The number of nitrogens with zero attached hydrogens (tertiary/aromatic N) is 4. The lowest BCUT2D eigenvalue weighted by Gasteiger charge is -2.26. The first-order valence-corrected chi connectivity index (χ1v) is 8.73. The van der Waals surface area contributed by atoms with Crippen molar-refractivity contribution in [2.75, 3.05) is 12.3 Å². The summed E-state index contributed by atoms with van der Waals surface area (Å²) in [5.74, 6) is -0.254. The van der Waals surface area contributed by atoms with E-state index >= 15 is 0 Å². The number of pyridine rings is 1. The fraction of sp³-hybridized carbons (Fsp3) is 0.200. The minimum atomic E-state index is -0.314. The van der Waals surface area contributed by atoms with Crippen LogP contribution in [-0.2, 0) is 0 Å². The molecule has 0 radical (unpaired) electrons. The zero-order valence-electron chi connectivity index (χ0n) is 14.5. The summed E-state index contributed by atoms with van der Waals surface area (Å²) in [6.07, 6.45) is 6.47. The molecule has 136 valence electrons. The molecular formula is C20H18FN5O. The van der Waals surface area contributed by atoms with Gasteiger partial charge in [0.1, 0.15) is 5.82 Å². The molecule has 1 aromatic carbocycles. The summed E-state index contributed by atoms with van der Waals surface area (Å²) in [6, 6.07) is 9.41. The monoisotopic (exact) mass is 363 g/mol. The Morgan fingerprint density at radius 1 is 1.19 bits per heavy atom. The van der Waals surface area contributed by atoms with Gasteiger partial charge in [-0.05, 0) is 42.7 Å². The van der Waals surface area contributed by atoms with E-state index in [2.05, 4.69) is 15.0 Å². The van der Waals surface area contributed by atoms with Gasteiger partial charge >= 0.3 is 0 Å². The molecule has 0 unspecified atom stereocenters. The Morgan fingerprint density at radius 3 is 2.74 bits per heavy atom. The highest BCUT2D eigenvalue weighted by molar-refractivity contribution is 5.94. The average molecular weight is 363 g/mol. The van der Waals surface area contributed by atoms with Crippen molar-refractivity contribution in [1.29, 1.82) is 0 Å². The number of aromatic nitrogens is 3. The molecule has 1 atom stereocenters. The highest BCUT2D eigenvalue weighted by Gasteiger charge is 2.33. The normalized spacial score (nSPS) is 16.5. The minimum Gasteiger partial charge on any atom is -0.368 e. The van der Waals surface area contributed by atoms with Crippen LogP contribution in [0.3, 0.4) is 0 Å². The van der Waals surface area contributed by atoms with E-state index in [-0.39, 0.29) is 23.7 Å². The van der Waals surface area contributed by atoms with E-state index in [0.29, 0.717) is 17.8 Å². The topological polar surface area (TPSA) is 85.0 Å². The lowest BCUT2D eigenvalue weighted by Crippen LogP contribution is -2.31. The second-order valence-electron chi connectivity index (χ2n) is 6.43. The van der Waals surface area contributed by atoms with Crippen molar-refractivity contribution in [3.8, 4) is 11.1 Å². The molecule has 3 heterocycles. The van der Waals surface area contributed by atoms with Crippen molar-refractivity contribution in [2.24, 2.45) is 0 Å². The van der Waals surface area contributed by atoms with Gasteiger partial charge in [0.25, 0.3) is 5.91 Å². The van der Waals surface area contributed by atoms with Gasteiger partial charge in [0.05, 0.1) is 17.3 Å². The van der Waals surface area contributed by atoms with Gasteiger partial charge < -0.3 is 10.6 Å². The lowest BCUT2D eigenvalue weighted by atomic mass is 9.99. The molecule has 2 N–H and O–H groups in total. The van der Waals surface area contributed by atoms with Crippen molar-refractivity contribution < 1.29 is 9.18 Å². The smallest absolute Gasteiger partial charge is 0.255 e. The third kappa shape index (κ3) is 3.36. The van der Waals surface area contributed by atoms with Gasteiger partial charge in [-0.15, -0.1) is 0 Å². The Labute approximate surface area is 155 Å². The van der Waals surface area contributed by atoms with Crippen LogP contribution >= 0.6 is 0 Å². The zero-order chi connectivity index (χ0) is 18.8. The number of hydrogen-bond acceptors (Lipinski definition) is 5. The van der Waals surface area contributed by atoms with Gasteiger partial charge in [0.15, 0.2) is 0 Å². The van der Waals surface area contributed by atoms with E-state index < -0.39 is 0 Å². The van der Waals surface area contributed by atoms with Gasteiger partial charge in [-0.3, -0.25) is 9.78 Å². The van der Waals surface area contributed by atoms with E-state index in [9.17, 15) is 9.18 Å². The SMILES string of the molecule is Nc1ncc(-c2ccc(F)cc2)c([C@@H]2CCCN2C(=O)c2cccnc2)n1. The maximum atomic E-state index is 13.3. The largest absolute Gasteiger partial charge is 0.368 e. The fourth-order valence-corrected chi connectivity index (χ4v) is 3.46. The van der Waals surface area contributed by atoms with Crippen LogP contribution in [0.25, 0.3) is 11.1 Å². The third-order valence-electron chi connectivity index (χ3n) is 4.73. The molecule has 6 nitrogen and oxygen atoms in total.